The van der Waals surface area contributed by atoms with E-state index in [-0.39, 0.29) is 23.8 Å². The minimum Gasteiger partial charge on any atom is -0.345 e. The first-order chi connectivity index (χ1) is 13.9. The molecule has 0 fully saturated rings. The topological polar surface area (TPSA) is 71.1 Å². The van der Waals surface area contributed by atoms with Crippen molar-refractivity contribution in [2.45, 2.75) is 19.9 Å². The predicted octanol–water partition coefficient (Wildman–Crippen LogP) is 5.11. The average Bonchev–Trinajstić information content (AvgIpc) is 2.73. The molecule has 0 saturated heterocycles. The van der Waals surface area contributed by atoms with Gasteiger partial charge in [0.05, 0.1) is 11.6 Å². The Hall–Kier alpha value is -3.18. The number of hydrogen-bond acceptors (Lipinski definition) is 3. The van der Waals surface area contributed by atoms with Gasteiger partial charge in [0.15, 0.2) is 0 Å². The van der Waals surface area contributed by atoms with E-state index in [9.17, 15) is 9.59 Å². The molecule has 0 spiro atoms. The molecule has 2 amide bonds. The van der Waals surface area contributed by atoms with Gasteiger partial charge in [0.2, 0.25) is 0 Å². The minimum atomic E-state index is -0.281. The monoisotopic (exact) mass is 407 g/mol. The Morgan fingerprint density at radius 2 is 1.66 bits per heavy atom. The van der Waals surface area contributed by atoms with Crippen molar-refractivity contribution in [2.24, 2.45) is 5.92 Å². The highest BCUT2D eigenvalue weighted by Gasteiger charge is 2.19. The standard InChI is InChI=1S/C23H22ClN3O2/c1-15(2)21(16-8-10-19(24)11-9-16)27-22(28)17-5-3-7-20(13-17)26-23(29)18-6-4-12-25-14-18/h3-15,21H,1-2H3,(H,26,29)(H,27,28). The second-order valence-corrected chi connectivity index (χ2v) is 7.46. The molecule has 1 atom stereocenters. The van der Waals surface area contributed by atoms with Gasteiger partial charge in [-0.15, -0.1) is 0 Å². The lowest BCUT2D eigenvalue weighted by molar-refractivity contribution is 0.0924. The largest absolute Gasteiger partial charge is 0.345 e. The van der Waals surface area contributed by atoms with E-state index in [0.717, 1.165) is 5.56 Å². The zero-order valence-electron chi connectivity index (χ0n) is 16.2. The van der Waals surface area contributed by atoms with Crippen LogP contribution in [0.5, 0.6) is 0 Å². The van der Waals surface area contributed by atoms with Crippen LogP contribution in [-0.4, -0.2) is 16.8 Å². The van der Waals surface area contributed by atoms with Crippen LogP contribution in [-0.2, 0) is 0 Å². The first-order valence-corrected chi connectivity index (χ1v) is 9.69. The van der Waals surface area contributed by atoms with Gasteiger partial charge in [0.25, 0.3) is 11.8 Å². The van der Waals surface area contributed by atoms with Gasteiger partial charge in [-0.3, -0.25) is 14.6 Å². The molecule has 0 aliphatic rings. The van der Waals surface area contributed by atoms with E-state index < -0.39 is 0 Å². The number of aromatic nitrogens is 1. The van der Waals surface area contributed by atoms with Crippen LogP contribution in [0.2, 0.25) is 5.02 Å². The van der Waals surface area contributed by atoms with E-state index >= 15 is 0 Å². The molecule has 2 N–H and O–H groups in total. The van der Waals surface area contributed by atoms with Crippen LogP contribution in [0.25, 0.3) is 0 Å². The molecule has 1 aromatic heterocycles. The fourth-order valence-electron chi connectivity index (χ4n) is 2.97. The summed E-state index contributed by atoms with van der Waals surface area (Å²) in [5.74, 6) is -0.304. The van der Waals surface area contributed by atoms with Crippen molar-refractivity contribution >= 4 is 29.1 Å². The Balaban J connectivity index is 1.74. The summed E-state index contributed by atoms with van der Waals surface area (Å²) in [5, 5.41) is 6.52. The highest BCUT2D eigenvalue weighted by atomic mass is 35.5. The molecule has 0 aliphatic heterocycles. The Morgan fingerprint density at radius 3 is 2.31 bits per heavy atom. The van der Waals surface area contributed by atoms with Crippen LogP contribution in [0.15, 0.2) is 73.1 Å². The number of nitrogens with one attached hydrogen (secondary N) is 2. The molecular weight excluding hydrogens is 386 g/mol. The third kappa shape index (κ3) is 5.42. The van der Waals surface area contributed by atoms with E-state index in [1.54, 1.807) is 42.6 Å². The van der Waals surface area contributed by atoms with Crippen LogP contribution in [0, 0.1) is 5.92 Å². The van der Waals surface area contributed by atoms with Crippen molar-refractivity contribution in [1.82, 2.24) is 10.3 Å². The number of pyridine rings is 1. The maximum absolute atomic E-state index is 12.8. The summed E-state index contributed by atoms with van der Waals surface area (Å²) >= 11 is 5.98. The maximum Gasteiger partial charge on any atom is 0.257 e. The molecule has 29 heavy (non-hydrogen) atoms. The molecular formula is C23H22ClN3O2. The zero-order chi connectivity index (χ0) is 20.8. The molecule has 0 bridgehead atoms. The van der Waals surface area contributed by atoms with E-state index in [2.05, 4.69) is 15.6 Å². The summed E-state index contributed by atoms with van der Waals surface area (Å²) in [5.41, 5.74) is 2.44. The summed E-state index contributed by atoms with van der Waals surface area (Å²) in [6.07, 6.45) is 3.10. The van der Waals surface area contributed by atoms with Crippen LogP contribution in [0.3, 0.4) is 0 Å². The van der Waals surface area contributed by atoms with E-state index in [1.807, 2.05) is 38.1 Å². The lowest BCUT2D eigenvalue weighted by Gasteiger charge is -2.23. The number of rotatable bonds is 6. The smallest absolute Gasteiger partial charge is 0.257 e. The van der Waals surface area contributed by atoms with E-state index in [4.69, 9.17) is 11.6 Å². The van der Waals surface area contributed by atoms with Crippen LogP contribution in [0.4, 0.5) is 5.69 Å². The number of benzene rings is 2. The van der Waals surface area contributed by atoms with Crippen molar-refractivity contribution in [3.05, 3.63) is 94.8 Å². The minimum absolute atomic E-state index is 0.159. The fourth-order valence-corrected chi connectivity index (χ4v) is 3.09. The lowest BCUT2D eigenvalue weighted by atomic mass is 9.95. The summed E-state index contributed by atoms with van der Waals surface area (Å²) in [4.78, 5) is 29.1. The molecule has 2 aromatic carbocycles. The summed E-state index contributed by atoms with van der Waals surface area (Å²) < 4.78 is 0. The molecule has 6 heteroatoms. The zero-order valence-corrected chi connectivity index (χ0v) is 17.0. The van der Waals surface area contributed by atoms with Gasteiger partial charge in [-0.1, -0.05) is 43.6 Å². The molecule has 148 valence electrons. The third-order valence-corrected chi connectivity index (χ3v) is 4.74. The van der Waals surface area contributed by atoms with Crippen LogP contribution < -0.4 is 10.6 Å². The van der Waals surface area contributed by atoms with Gasteiger partial charge in [-0.05, 0) is 53.9 Å². The Labute approximate surface area is 175 Å². The molecule has 0 saturated carbocycles. The molecule has 0 aliphatic carbocycles. The number of carbonyl (C=O) groups is 2. The van der Waals surface area contributed by atoms with E-state index in [1.165, 1.54) is 6.20 Å². The second-order valence-electron chi connectivity index (χ2n) is 7.02. The fraction of sp³-hybridized carbons (Fsp3) is 0.174. The van der Waals surface area contributed by atoms with Gasteiger partial charge < -0.3 is 10.6 Å². The number of amides is 2. The van der Waals surface area contributed by atoms with E-state index in [0.29, 0.717) is 21.8 Å². The van der Waals surface area contributed by atoms with Gasteiger partial charge in [-0.25, -0.2) is 0 Å². The Bertz CT molecular complexity index is 989. The molecule has 1 heterocycles. The third-order valence-electron chi connectivity index (χ3n) is 4.49. The highest BCUT2D eigenvalue weighted by Crippen LogP contribution is 2.24. The van der Waals surface area contributed by atoms with Crippen molar-refractivity contribution < 1.29 is 9.59 Å². The summed E-state index contributed by atoms with van der Waals surface area (Å²) in [6, 6.07) is 17.5. The Kier molecular flexibility index (Phi) is 6.62. The van der Waals surface area contributed by atoms with Crippen molar-refractivity contribution in [2.75, 3.05) is 5.32 Å². The SMILES string of the molecule is CC(C)C(NC(=O)c1cccc(NC(=O)c2cccnc2)c1)c1ccc(Cl)cc1. The first kappa shape index (κ1) is 20.6. The van der Waals surface area contributed by atoms with Crippen LogP contribution in [0.1, 0.15) is 46.2 Å². The lowest BCUT2D eigenvalue weighted by Crippen LogP contribution is -2.31. The van der Waals surface area contributed by atoms with Gasteiger partial charge in [0.1, 0.15) is 0 Å². The molecule has 0 radical (unpaired) electrons. The number of nitrogens with zero attached hydrogens (tertiary/aromatic N) is 1. The normalized spacial score (nSPS) is 11.7. The van der Waals surface area contributed by atoms with Crippen molar-refractivity contribution in [1.29, 1.82) is 0 Å². The van der Waals surface area contributed by atoms with Crippen molar-refractivity contribution in [3.63, 3.8) is 0 Å². The first-order valence-electron chi connectivity index (χ1n) is 9.32. The molecule has 1 unspecified atom stereocenters. The number of hydrogen-bond donors (Lipinski definition) is 2. The quantitative estimate of drug-likeness (QED) is 0.596. The number of carbonyl (C=O) groups excluding carboxylic acids is 2. The molecule has 3 rings (SSSR count). The molecule has 3 aromatic rings. The number of halogens is 1. The predicted molar refractivity (Wildman–Crippen MR) is 115 cm³/mol. The van der Waals surface area contributed by atoms with Gasteiger partial charge in [0, 0.05) is 28.7 Å². The van der Waals surface area contributed by atoms with Crippen molar-refractivity contribution in [3.8, 4) is 0 Å². The Morgan fingerprint density at radius 1 is 0.931 bits per heavy atom. The summed E-state index contributed by atoms with van der Waals surface area (Å²) in [7, 11) is 0. The highest BCUT2D eigenvalue weighted by molar-refractivity contribution is 6.30. The van der Waals surface area contributed by atoms with Gasteiger partial charge in [-0.2, -0.15) is 0 Å². The maximum atomic E-state index is 12.8. The second kappa shape index (κ2) is 9.34. The average molecular weight is 408 g/mol. The summed E-state index contributed by atoms with van der Waals surface area (Å²) in [6.45, 7) is 4.09. The van der Waals surface area contributed by atoms with Gasteiger partial charge >= 0.3 is 0 Å². The molecule has 5 nitrogen and oxygen atoms in total. The van der Waals surface area contributed by atoms with Crippen LogP contribution >= 0.6 is 11.6 Å². The number of anilines is 1.